The molecule has 3 unspecified atom stereocenters. The van der Waals surface area contributed by atoms with E-state index < -0.39 is 11.8 Å². The van der Waals surface area contributed by atoms with Crippen LogP contribution in [0.5, 0.6) is 0 Å². The fourth-order valence-electron chi connectivity index (χ4n) is 3.53. The van der Waals surface area contributed by atoms with Crippen molar-refractivity contribution in [2.75, 3.05) is 6.61 Å². The molecule has 1 aromatic rings. The lowest BCUT2D eigenvalue weighted by molar-refractivity contribution is -0.162. The smallest absolute Gasteiger partial charge is 0.310 e. The van der Waals surface area contributed by atoms with Gasteiger partial charge in [0.25, 0.3) is 0 Å². The highest BCUT2D eigenvalue weighted by Gasteiger charge is 2.52. The van der Waals surface area contributed by atoms with Crippen molar-refractivity contribution in [1.82, 2.24) is 0 Å². The molecule has 2 aliphatic carbocycles. The zero-order valence-corrected chi connectivity index (χ0v) is 12.6. The van der Waals surface area contributed by atoms with Crippen molar-refractivity contribution in [1.29, 1.82) is 0 Å². The molecule has 0 radical (unpaired) electrons. The van der Waals surface area contributed by atoms with E-state index in [1.807, 2.05) is 42.5 Å². The lowest BCUT2D eigenvalue weighted by atomic mass is 9.83. The first-order valence-electron chi connectivity index (χ1n) is 7.76. The van der Waals surface area contributed by atoms with Crippen molar-refractivity contribution in [3.05, 3.63) is 48.0 Å². The van der Waals surface area contributed by atoms with Gasteiger partial charge in [-0.05, 0) is 30.7 Å². The number of hydrogen-bond acceptors (Lipinski definition) is 4. The molecule has 1 fully saturated rings. The van der Waals surface area contributed by atoms with Gasteiger partial charge in [0.05, 0.1) is 18.4 Å². The Labute approximate surface area is 130 Å². The number of carbonyl (C=O) groups excluding carboxylic acids is 2. The quantitative estimate of drug-likeness (QED) is 0.620. The van der Waals surface area contributed by atoms with Crippen LogP contribution in [0.2, 0.25) is 0 Å². The van der Waals surface area contributed by atoms with Gasteiger partial charge in [0.1, 0.15) is 6.61 Å². The van der Waals surface area contributed by atoms with Gasteiger partial charge in [-0.25, -0.2) is 0 Å². The lowest BCUT2D eigenvalue weighted by Gasteiger charge is -2.24. The molecule has 116 valence electrons. The molecule has 22 heavy (non-hydrogen) atoms. The summed E-state index contributed by atoms with van der Waals surface area (Å²) in [6, 6.07) is 9.56. The van der Waals surface area contributed by atoms with Crippen LogP contribution < -0.4 is 0 Å². The van der Waals surface area contributed by atoms with Gasteiger partial charge in [0.2, 0.25) is 0 Å². The summed E-state index contributed by atoms with van der Waals surface area (Å²) in [7, 11) is 0. The standard InChI is InChI=1S/C18H20O4/c1-2-21-17(19)15-13-8-9-14(10-13)16(15)18(20)22-11-12-6-4-3-5-7-12/h3-9,13-16H,2,10-11H2,1H3/t13?,14?,15?,16-/m0/s1. The fraction of sp³-hybridized carbons (Fsp3) is 0.444. The number of rotatable bonds is 5. The predicted molar refractivity (Wildman–Crippen MR) is 80.6 cm³/mol. The monoisotopic (exact) mass is 300 g/mol. The van der Waals surface area contributed by atoms with Crippen molar-refractivity contribution in [2.45, 2.75) is 20.0 Å². The zero-order chi connectivity index (χ0) is 15.5. The molecule has 0 aliphatic heterocycles. The summed E-state index contributed by atoms with van der Waals surface area (Å²) in [6.07, 6.45) is 4.91. The second-order valence-electron chi connectivity index (χ2n) is 5.85. The first-order chi connectivity index (χ1) is 10.7. The van der Waals surface area contributed by atoms with Crippen molar-refractivity contribution >= 4 is 11.9 Å². The fourth-order valence-corrected chi connectivity index (χ4v) is 3.53. The largest absolute Gasteiger partial charge is 0.466 e. The number of hydrogen-bond donors (Lipinski definition) is 0. The second-order valence-corrected chi connectivity index (χ2v) is 5.85. The third-order valence-corrected chi connectivity index (χ3v) is 4.51. The topological polar surface area (TPSA) is 52.6 Å². The molecule has 2 bridgehead atoms. The molecule has 2 aliphatic rings. The minimum Gasteiger partial charge on any atom is -0.466 e. The number of allylic oxidation sites excluding steroid dienone is 2. The SMILES string of the molecule is CCOC(=O)C1C2C=CC(C2)[C@@H]1C(=O)OCc1ccccc1. The van der Waals surface area contributed by atoms with Gasteiger partial charge in [-0.1, -0.05) is 42.5 Å². The summed E-state index contributed by atoms with van der Waals surface area (Å²) in [6.45, 7) is 2.36. The molecule has 1 aromatic carbocycles. The molecule has 0 aromatic heterocycles. The maximum Gasteiger partial charge on any atom is 0.310 e. The molecule has 4 heteroatoms. The number of esters is 2. The maximum absolute atomic E-state index is 12.5. The van der Waals surface area contributed by atoms with Crippen LogP contribution in [0.4, 0.5) is 0 Å². The number of benzene rings is 1. The van der Waals surface area contributed by atoms with Crippen LogP contribution in [0, 0.1) is 23.7 Å². The Bertz CT molecular complexity index is 578. The summed E-state index contributed by atoms with van der Waals surface area (Å²) in [5.41, 5.74) is 0.947. The third kappa shape index (κ3) is 2.78. The van der Waals surface area contributed by atoms with Crippen LogP contribution in [0.25, 0.3) is 0 Å². The van der Waals surface area contributed by atoms with Crippen LogP contribution in [-0.4, -0.2) is 18.5 Å². The van der Waals surface area contributed by atoms with E-state index in [0.29, 0.717) is 6.61 Å². The summed E-state index contributed by atoms with van der Waals surface area (Å²) >= 11 is 0. The minimum absolute atomic E-state index is 0.0997. The van der Waals surface area contributed by atoms with E-state index >= 15 is 0 Å². The number of carbonyl (C=O) groups is 2. The average molecular weight is 300 g/mol. The molecule has 4 nitrogen and oxygen atoms in total. The normalized spacial score (nSPS) is 28.6. The van der Waals surface area contributed by atoms with Crippen LogP contribution >= 0.6 is 0 Å². The summed E-state index contributed by atoms with van der Waals surface area (Å²) in [4.78, 5) is 24.6. The molecule has 0 amide bonds. The molecule has 0 N–H and O–H groups in total. The van der Waals surface area contributed by atoms with Gasteiger partial charge in [0.15, 0.2) is 0 Å². The Morgan fingerprint density at radius 3 is 2.18 bits per heavy atom. The van der Waals surface area contributed by atoms with Crippen molar-refractivity contribution in [3.63, 3.8) is 0 Å². The van der Waals surface area contributed by atoms with Gasteiger partial charge in [-0.15, -0.1) is 0 Å². The molecule has 0 spiro atoms. The van der Waals surface area contributed by atoms with Crippen molar-refractivity contribution in [3.8, 4) is 0 Å². The molecule has 0 saturated heterocycles. The molecule has 0 heterocycles. The first-order valence-corrected chi connectivity index (χ1v) is 7.76. The molecule has 1 saturated carbocycles. The van der Waals surface area contributed by atoms with Crippen molar-refractivity contribution < 1.29 is 19.1 Å². The predicted octanol–water partition coefficient (Wildman–Crippen LogP) is 2.73. The van der Waals surface area contributed by atoms with E-state index in [0.717, 1.165) is 12.0 Å². The van der Waals surface area contributed by atoms with E-state index in [9.17, 15) is 9.59 Å². The highest BCUT2D eigenvalue weighted by molar-refractivity contribution is 5.84. The van der Waals surface area contributed by atoms with E-state index in [2.05, 4.69) is 0 Å². The summed E-state index contributed by atoms with van der Waals surface area (Å²) < 4.78 is 10.6. The Morgan fingerprint density at radius 2 is 1.59 bits per heavy atom. The number of fused-ring (bicyclic) bond motifs is 2. The van der Waals surface area contributed by atoms with E-state index in [1.165, 1.54) is 0 Å². The van der Waals surface area contributed by atoms with Gasteiger partial charge >= 0.3 is 11.9 Å². The van der Waals surface area contributed by atoms with Crippen LogP contribution in [0.1, 0.15) is 18.9 Å². The summed E-state index contributed by atoms with van der Waals surface area (Å²) in [5.74, 6) is -1.16. The van der Waals surface area contributed by atoms with Gasteiger partial charge in [-0.3, -0.25) is 9.59 Å². The van der Waals surface area contributed by atoms with Crippen LogP contribution in [-0.2, 0) is 25.7 Å². The van der Waals surface area contributed by atoms with Crippen molar-refractivity contribution in [2.24, 2.45) is 23.7 Å². The van der Waals surface area contributed by atoms with Gasteiger partial charge < -0.3 is 9.47 Å². The Balaban J connectivity index is 1.67. The molecule has 4 atom stereocenters. The zero-order valence-electron chi connectivity index (χ0n) is 12.6. The molecular weight excluding hydrogens is 280 g/mol. The van der Waals surface area contributed by atoms with E-state index in [1.54, 1.807) is 6.92 Å². The molecular formula is C18H20O4. The van der Waals surface area contributed by atoms with Gasteiger partial charge in [0, 0.05) is 0 Å². The Hall–Kier alpha value is -2.10. The Morgan fingerprint density at radius 1 is 1.00 bits per heavy atom. The van der Waals surface area contributed by atoms with Gasteiger partial charge in [-0.2, -0.15) is 0 Å². The lowest BCUT2D eigenvalue weighted by Crippen LogP contribution is -2.35. The Kier molecular flexibility index (Phi) is 4.27. The van der Waals surface area contributed by atoms with Crippen LogP contribution in [0.3, 0.4) is 0 Å². The maximum atomic E-state index is 12.5. The highest BCUT2D eigenvalue weighted by Crippen LogP contribution is 2.49. The summed E-state index contributed by atoms with van der Waals surface area (Å²) in [5, 5.41) is 0. The first kappa shape index (κ1) is 14.8. The highest BCUT2D eigenvalue weighted by atomic mass is 16.5. The number of ether oxygens (including phenoxy) is 2. The van der Waals surface area contributed by atoms with E-state index in [-0.39, 0.29) is 30.4 Å². The van der Waals surface area contributed by atoms with E-state index in [4.69, 9.17) is 9.47 Å². The second kappa shape index (κ2) is 6.34. The van der Waals surface area contributed by atoms with Crippen LogP contribution in [0.15, 0.2) is 42.5 Å². The average Bonchev–Trinajstić information content (AvgIpc) is 3.14. The minimum atomic E-state index is -0.405. The molecule has 3 rings (SSSR count). The third-order valence-electron chi connectivity index (χ3n) is 4.51.